The summed E-state index contributed by atoms with van der Waals surface area (Å²) in [5, 5.41) is 2.80. The van der Waals surface area contributed by atoms with E-state index >= 15 is 0 Å². The van der Waals surface area contributed by atoms with Crippen LogP contribution in [-0.4, -0.2) is 26.6 Å². The fourth-order valence-electron chi connectivity index (χ4n) is 3.21. The second-order valence-electron chi connectivity index (χ2n) is 6.48. The zero-order valence-corrected chi connectivity index (χ0v) is 14.7. The molecule has 1 aromatic carbocycles. The molecule has 0 aliphatic heterocycles. The van der Waals surface area contributed by atoms with Gasteiger partial charge in [0.05, 0.1) is 11.9 Å². The summed E-state index contributed by atoms with van der Waals surface area (Å²) in [6.07, 6.45) is 9.81. The largest absolute Gasteiger partial charge is 0.307 e. The Kier molecular flexibility index (Phi) is 4.70. The number of nitrogens with one attached hydrogen (secondary N) is 1. The van der Waals surface area contributed by atoms with Crippen LogP contribution in [0.15, 0.2) is 55.1 Å². The van der Waals surface area contributed by atoms with E-state index < -0.39 is 0 Å². The van der Waals surface area contributed by atoms with Gasteiger partial charge in [-0.05, 0) is 49.1 Å². The van der Waals surface area contributed by atoms with Gasteiger partial charge in [0, 0.05) is 41.7 Å². The van der Waals surface area contributed by atoms with E-state index in [-0.39, 0.29) is 11.7 Å². The Morgan fingerprint density at radius 3 is 2.63 bits per heavy atom. The molecule has 0 radical (unpaired) electrons. The maximum atomic E-state index is 12.6. The van der Waals surface area contributed by atoms with Crippen molar-refractivity contribution in [1.29, 1.82) is 0 Å². The van der Waals surface area contributed by atoms with Crippen molar-refractivity contribution in [2.75, 3.05) is 5.32 Å². The summed E-state index contributed by atoms with van der Waals surface area (Å²) in [5.41, 5.74) is 3.78. The van der Waals surface area contributed by atoms with E-state index in [1.807, 2.05) is 12.1 Å². The summed E-state index contributed by atoms with van der Waals surface area (Å²) < 4.78 is 0. The lowest BCUT2D eigenvalue weighted by atomic mass is 9.99. The molecule has 1 aliphatic carbocycles. The van der Waals surface area contributed by atoms with Gasteiger partial charge in [-0.15, -0.1) is 0 Å². The molecule has 3 aromatic rings. The van der Waals surface area contributed by atoms with Gasteiger partial charge in [-0.1, -0.05) is 6.07 Å². The van der Waals surface area contributed by atoms with Gasteiger partial charge in [0.25, 0.3) is 5.91 Å². The van der Waals surface area contributed by atoms with Crippen LogP contribution >= 0.6 is 0 Å². The number of hydrogen-bond donors (Lipinski definition) is 1. The third kappa shape index (κ3) is 3.74. The Hall–Kier alpha value is -3.41. The van der Waals surface area contributed by atoms with Crippen LogP contribution in [0.5, 0.6) is 0 Å². The first kappa shape index (κ1) is 17.0. The molecular weight excluding hydrogens is 340 g/mol. The number of aromatic nitrogens is 3. The van der Waals surface area contributed by atoms with Crippen molar-refractivity contribution in [1.82, 2.24) is 15.0 Å². The molecule has 6 heteroatoms. The van der Waals surface area contributed by atoms with Crippen molar-refractivity contribution in [3.05, 3.63) is 71.8 Å². The predicted octanol–water partition coefficient (Wildman–Crippen LogP) is 3.70. The molecule has 1 N–H and O–H groups in total. The van der Waals surface area contributed by atoms with E-state index in [0.29, 0.717) is 17.8 Å². The second-order valence-corrected chi connectivity index (χ2v) is 6.48. The maximum Gasteiger partial charge on any atom is 0.256 e. The number of benzene rings is 1. The third-order valence-electron chi connectivity index (χ3n) is 4.63. The molecule has 1 aliphatic rings. The van der Waals surface area contributed by atoms with Crippen LogP contribution in [-0.2, 0) is 6.42 Å². The monoisotopic (exact) mass is 358 g/mol. The molecule has 0 atom stereocenters. The van der Waals surface area contributed by atoms with Crippen LogP contribution in [0.4, 0.5) is 5.82 Å². The van der Waals surface area contributed by atoms with Crippen LogP contribution in [0, 0.1) is 0 Å². The predicted molar refractivity (Wildman–Crippen MR) is 102 cm³/mol. The van der Waals surface area contributed by atoms with E-state index in [2.05, 4.69) is 20.3 Å². The topological polar surface area (TPSA) is 84.8 Å². The number of fused-ring (bicyclic) bond motifs is 1. The average Bonchev–Trinajstić information content (AvgIpc) is 2.90. The normalized spacial score (nSPS) is 13.6. The van der Waals surface area contributed by atoms with Crippen LogP contribution in [0.3, 0.4) is 0 Å². The number of nitrogens with zero attached hydrogens (tertiary/aromatic N) is 3. The molecule has 134 valence electrons. The lowest BCUT2D eigenvalue weighted by Gasteiger charge is -2.09. The SMILES string of the molecule is O=C(Nc1ccc(-c2cnccn2)cn1)c1ccc2c(c1)CCCCC2=O. The fourth-order valence-corrected chi connectivity index (χ4v) is 3.21. The molecule has 0 unspecified atom stereocenters. The van der Waals surface area contributed by atoms with Crippen molar-refractivity contribution < 1.29 is 9.59 Å². The highest BCUT2D eigenvalue weighted by Gasteiger charge is 2.17. The van der Waals surface area contributed by atoms with Gasteiger partial charge in [0.15, 0.2) is 5.78 Å². The summed E-state index contributed by atoms with van der Waals surface area (Å²) in [6.45, 7) is 0. The summed E-state index contributed by atoms with van der Waals surface area (Å²) in [7, 11) is 0. The number of rotatable bonds is 3. The van der Waals surface area contributed by atoms with Gasteiger partial charge >= 0.3 is 0 Å². The fraction of sp³-hybridized carbons (Fsp3) is 0.190. The molecule has 0 bridgehead atoms. The molecule has 0 saturated heterocycles. The zero-order valence-electron chi connectivity index (χ0n) is 14.7. The Morgan fingerprint density at radius 1 is 0.963 bits per heavy atom. The van der Waals surface area contributed by atoms with Crippen LogP contribution in [0.25, 0.3) is 11.3 Å². The van der Waals surface area contributed by atoms with Crippen molar-refractivity contribution in [2.24, 2.45) is 0 Å². The number of anilines is 1. The van der Waals surface area contributed by atoms with Gasteiger partial charge in [-0.25, -0.2) is 4.98 Å². The highest BCUT2D eigenvalue weighted by molar-refractivity contribution is 6.05. The minimum Gasteiger partial charge on any atom is -0.307 e. The summed E-state index contributed by atoms with van der Waals surface area (Å²) in [5.74, 6) is 0.378. The van der Waals surface area contributed by atoms with Crippen LogP contribution in [0.2, 0.25) is 0 Å². The number of Topliss-reactive ketones (excluding diaryl/α,β-unsaturated/α-hetero) is 1. The number of pyridine rings is 1. The molecular formula is C21H18N4O2. The molecule has 2 heterocycles. The van der Waals surface area contributed by atoms with E-state index in [9.17, 15) is 9.59 Å². The van der Waals surface area contributed by atoms with Crippen molar-refractivity contribution in [3.63, 3.8) is 0 Å². The minimum absolute atomic E-state index is 0.163. The number of carbonyl (C=O) groups is 2. The average molecular weight is 358 g/mol. The van der Waals surface area contributed by atoms with Crippen molar-refractivity contribution in [2.45, 2.75) is 25.7 Å². The maximum absolute atomic E-state index is 12.6. The molecule has 0 saturated carbocycles. The number of aryl methyl sites for hydroxylation is 1. The number of carbonyl (C=O) groups excluding carboxylic acids is 2. The van der Waals surface area contributed by atoms with Gasteiger partial charge < -0.3 is 5.32 Å². The van der Waals surface area contributed by atoms with E-state index in [1.165, 1.54) is 0 Å². The first-order valence-corrected chi connectivity index (χ1v) is 8.90. The molecule has 0 fully saturated rings. The Morgan fingerprint density at radius 2 is 1.85 bits per heavy atom. The van der Waals surface area contributed by atoms with E-state index in [1.54, 1.807) is 43.0 Å². The first-order valence-electron chi connectivity index (χ1n) is 8.90. The summed E-state index contributed by atoms with van der Waals surface area (Å²) >= 11 is 0. The number of amides is 1. The smallest absolute Gasteiger partial charge is 0.256 e. The molecule has 4 rings (SSSR count). The Labute approximate surface area is 156 Å². The van der Waals surface area contributed by atoms with Gasteiger partial charge in [0.2, 0.25) is 0 Å². The Bertz CT molecular complexity index is 985. The summed E-state index contributed by atoms with van der Waals surface area (Å²) in [6, 6.07) is 8.85. The van der Waals surface area contributed by atoms with Gasteiger partial charge in [0.1, 0.15) is 5.82 Å². The number of ketones is 1. The lowest BCUT2D eigenvalue weighted by Crippen LogP contribution is -2.14. The van der Waals surface area contributed by atoms with Crippen LogP contribution < -0.4 is 5.32 Å². The molecule has 0 spiro atoms. The first-order chi connectivity index (χ1) is 13.2. The van der Waals surface area contributed by atoms with E-state index in [4.69, 9.17) is 0 Å². The van der Waals surface area contributed by atoms with E-state index in [0.717, 1.165) is 41.6 Å². The molecule has 1 amide bonds. The zero-order chi connectivity index (χ0) is 18.6. The van der Waals surface area contributed by atoms with Gasteiger partial charge in [-0.2, -0.15) is 0 Å². The number of hydrogen-bond acceptors (Lipinski definition) is 5. The Balaban J connectivity index is 1.51. The van der Waals surface area contributed by atoms with Gasteiger partial charge in [-0.3, -0.25) is 19.6 Å². The van der Waals surface area contributed by atoms with Crippen LogP contribution in [0.1, 0.15) is 45.5 Å². The second kappa shape index (κ2) is 7.45. The highest BCUT2D eigenvalue weighted by atomic mass is 16.1. The third-order valence-corrected chi connectivity index (χ3v) is 4.63. The lowest BCUT2D eigenvalue weighted by molar-refractivity contribution is 0.0979. The minimum atomic E-state index is -0.241. The summed E-state index contributed by atoms with van der Waals surface area (Å²) in [4.78, 5) is 37.2. The highest BCUT2D eigenvalue weighted by Crippen LogP contribution is 2.22. The molecule has 27 heavy (non-hydrogen) atoms. The molecule has 2 aromatic heterocycles. The van der Waals surface area contributed by atoms with Crippen molar-refractivity contribution in [3.8, 4) is 11.3 Å². The standard InChI is InChI=1S/C21H18N4O2/c26-19-4-2-1-3-14-11-15(5-7-17(14)19)21(27)25-20-8-6-16(12-24-20)18-13-22-9-10-23-18/h5-13H,1-4H2,(H,24,25,27). The van der Waals surface area contributed by atoms with Crippen molar-refractivity contribution >= 4 is 17.5 Å². The molecule has 6 nitrogen and oxygen atoms in total. The quantitative estimate of drug-likeness (QED) is 0.722.